The topological polar surface area (TPSA) is 82.8 Å². The van der Waals surface area contributed by atoms with Crippen molar-refractivity contribution in [2.24, 2.45) is 11.1 Å². The minimum atomic E-state index is -0.512. The molecule has 0 bridgehead atoms. The lowest BCUT2D eigenvalue weighted by Crippen LogP contribution is -2.50. The molecule has 0 saturated carbocycles. The normalized spacial score (nSPS) is 18.0. The van der Waals surface area contributed by atoms with E-state index in [4.69, 9.17) is 19.9 Å². The fourth-order valence-electron chi connectivity index (χ4n) is 2.68. The lowest BCUT2D eigenvalue weighted by Gasteiger charge is -2.34. The maximum absolute atomic E-state index is 12.5. The molecule has 1 heterocycles. The minimum Gasteiger partial charge on any atom is -0.493 e. The predicted molar refractivity (Wildman–Crippen MR) is 87.6 cm³/mol. The highest BCUT2D eigenvalue weighted by Gasteiger charge is 2.38. The number of carbonyl (C=O) groups is 1. The van der Waals surface area contributed by atoms with Crippen LogP contribution in [0.2, 0.25) is 0 Å². The number of ether oxygens (including phenoxy) is 3. The highest BCUT2D eigenvalue weighted by Crippen LogP contribution is 2.30. The van der Waals surface area contributed by atoms with Crippen molar-refractivity contribution < 1.29 is 19.0 Å². The molecule has 0 aliphatic carbocycles. The standard InChI is InChI=1S/C17H26N2O4/c1-13(23-15-6-4-3-5-14(15)21-2)11-19-16(20)17(12-18)7-9-22-10-8-17/h3-6,13H,7-12,18H2,1-2H3,(H,19,20). The predicted octanol–water partition coefficient (Wildman–Crippen LogP) is 1.33. The number of amides is 1. The summed E-state index contributed by atoms with van der Waals surface area (Å²) in [7, 11) is 1.60. The van der Waals surface area contributed by atoms with E-state index in [1.807, 2.05) is 31.2 Å². The van der Waals surface area contributed by atoms with Crippen molar-refractivity contribution in [1.82, 2.24) is 5.32 Å². The van der Waals surface area contributed by atoms with Gasteiger partial charge >= 0.3 is 0 Å². The molecule has 0 aromatic heterocycles. The third-order valence-corrected chi connectivity index (χ3v) is 4.27. The molecular weight excluding hydrogens is 296 g/mol. The van der Waals surface area contributed by atoms with Gasteiger partial charge in [-0.3, -0.25) is 4.79 Å². The highest BCUT2D eigenvalue weighted by atomic mass is 16.5. The number of methoxy groups -OCH3 is 1. The van der Waals surface area contributed by atoms with Gasteiger partial charge in [-0.25, -0.2) is 0 Å². The number of nitrogens with one attached hydrogen (secondary N) is 1. The SMILES string of the molecule is COc1ccccc1OC(C)CNC(=O)C1(CN)CCOCC1. The Labute approximate surface area is 137 Å². The van der Waals surface area contributed by atoms with Gasteiger partial charge in [-0.1, -0.05) is 12.1 Å². The Morgan fingerprint density at radius 3 is 2.61 bits per heavy atom. The van der Waals surface area contributed by atoms with Crippen LogP contribution in [0.15, 0.2) is 24.3 Å². The average molecular weight is 322 g/mol. The van der Waals surface area contributed by atoms with Crippen molar-refractivity contribution in [3.8, 4) is 11.5 Å². The summed E-state index contributed by atoms with van der Waals surface area (Å²) in [6.07, 6.45) is 1.15. The quantitative estimate of drug-likeness (QED) is 0.791. The number of hydrogen-bond acceptors (Lipinski definition) is 5. The Morgan fingerprint density at radius 2 is 2.00 bits per heavy atom. The van der Waals surface area contributed by atoms with Gasteiger partial charge in [0.2, 0.25) is 5.91 Å². The van der Waals surface area contributed by atoms with Crippen LogP contribution < -0.4 is 20.5 Å². The molecule has 6 nitrogen and oxygen atoms in total. The number of rotatable bonds is 7. The van der Waals surface area contributed by atoms with Crippen LogP contribution in [0, 0.1) is 5.41 Å². The van der Waals surface area contributed by atoms with E-state index in [2.05, 4.69) is 5.32 Å². The molecule has 3 N–H and O–H groups in total. The van der Waals surface area contributed by atoms with Gasteiger partial charge in [0.25, 0.3) is 0 Å². The van der Waals surface area contributed by atoms with E-state index in [1.54, 1.807) is 7.11 Å². The largest absolute Gasteiger partial charge is 0.493 e. The summed E-state index contributed by atoms with van der Waals surface area (Å²) in [4.78, 5) is 12.5. The molecule has 0 radical (unpaired) electrons. The number of benzene rings is 1. The van der Waals surface area contributed by atoms with Gasteiger partial charge < -0.3 is 25.3 Å². The van der Waals surface area contributed by atoms with E-state index in [9.17, 15) is 4.79 Å². The lowest BCUT2D eigenvalue weighted by molar-refractivity contribution is -0.136. The molecule has 1 aromatic carbocycles. The van der Waals surface area contributed by atoms with Gasteiger partial charge in [0.15, 0.2) is 11.5 Å². The van der Waals surface area contributed by atoms with Crippen molar-refractivity contribution >= 4 is 5.91 Å². The molecule has 1 fully saturated rings. The van der Waals surface area contributed by atoms with Crippen LogP contribution in [0.1, 0.15) is 19.8 Å². The molecular formula is C17H26N2O4. The maximum atomic E-state index is 12.5. The van der Waals surface area contributed by atoms with Crippen molar-refractivity contribution in [3.05, 3.63) is 24.3 Å². The van der Waals surface area contributed by atoms with E-state index in [0.29, 0.717) is 50.6 Å². The van der Waals surface area contributed by atoms with Gasteiger partial charge in [-0.05, 0) is 31.9 Å². The second-order valence-corrected chi connectivity index (χ2v) is 5.89. The van der Waals surface area contributed by atoms with Crippen molar-refractivity contribution in [3.63, 3.8) is 0 Å². The summed E-state index contributed by atoms with van der Waals surface area (Å²) in [5.41, 5.74) is 5.33. The smallest absolute Gasteiger partial charge is 0.227 e. The van der Waals surface area contributed by atoms with E-state index in [-0.39, 0.29) is 12.0 Å². The van der Waals surface area contributed by atoms with Gasteiger partial charge in [0.05, 0.1) is 19.1 Å². The van der Waals surface area contributed by atoms with Crippen LogP contribution >= 0.6 is 0 Å². The second kappa shape index (κ2) is 8.17. The Balaban J connectivity index is 1.88. The van der Waals surface area contributed by atoms with E-state index < -0.39 is 5.41 Å². The second-order valence-electron chi connectivity index (χ2n) is 5.89. The van der Waals surface area contributed by atoms with Crippen molar-refractivity contribution in [2.45, 2.75) is 25.9 Å². The maximum Gasteiger partial charge on any atom is 0.227 e. The molecule has 1 aromatic rings. The minimum absolute atomic E-state index is 0.0150. The number of carbonyl (C=O) groups excluding carboxylic acids is 1. The molecule has 23 heavy (non-hydrogen) atoms. The molecule has 1 amide bonds. The van der Waals surface area contributed by atoms with Crippen LogP contribution in [-0.4, -0.2) is 45.4 Å². The highest BCUT2D eigenvalue weighted by molar-refractivity contribution is 5.83. The molecule has 2 rings (SSSR count). The number of nitrogens with two attached hydrogens (primary N) is 1. The Bertz CT molecular complexity index is 515. The van der Waals surface area contributed by atoms with Crippen LogP contribution in [0.4, 0.5) is 0 Å². The third kappa shape index (κ3) is 4.36. The van der Waals surface area contributed by atoms with Crippen molar-refractivity contribution in [2.75, 3.05) is 33.4 Å². The Kier molecular flexibility index (Phi) is 6.24. The van der Waals surface area contributed by atoms with Crippen LogP contribution in [0.5, 0.6) is 11.5 Å². The van der Waals surface area contributed by atoms with E-state index >= 15 is 0 Å². The zero-order valence-electron chi connectivity index (χ0n) is 13.8. The molecule has 0 spiro atoms. The summed E-state index contributed by atoms with van der Waals surface area (Å²) >= 11 is 0. The van der Waals surface area contributed by atoms with Gasteiger partial charge in [0.1, 0.15) is 6.10 Å². The first-order valence-corrected chi connectivity index (χ1v) is 7.97. The first-order chi connectivity index (χ1) is 11.1. The zero-order chi connectivity index (χ0) is 16.7. The van der Waals surface area contributed by atoms with Gasteiger partial charge in [0, 0.05) is 19.8 Å². The Hall–Kier alpha value is -1.79. The zero-order valence-corrected chi connectivity index (χ0v) is 13.8. The molecule has 1 unspecified atom stereocenters. The fraction of sp³-hybridized carbons (Fsp3) is 0.588. The third-order valence-electron chi connectivity index (χ3n) is 4.27. The molecule has 1 aliphatic rings. The number of para-hydroxylation sites is 2. The van der Waals surface area contributed by atoms with Crippen LogP contribution in [0.3, 0.4) is 0 Å². The van der Waals surface area contributed by atoms with Gasteiger partial charge in [-0.15, -0.1) is 0 Å². The molecule has 1 saturated heterocycles. The first-order valence-electron chi connectivity index (χ1n) is 7.97. The van der Waals surface area contributed by atoms with Crippen LogP contribution in [0.25, 0.3) is 0 Å². The molecule has 128 valence electrons. The summed E-state index contributed by atoms with van der Waals surface area (Å²) in [5.74, 6) is 1.32. The molecule has 1 atom stereocenters. The first kappa shape index (κ1) is 17.6. The van der Waals surface area contributed by atoms with Crippen LogP contribution in [-0.2, 0) is 9.53 Å². The van der Waals surface area contributed by atoms with Gasteiger partial charge in [-0.2, -0.15) is 0 Å². The summed E-state index contributed by atoms with van der Waals surface area (Å²) in [6, 6.07) is 7.45. The number of hydrogen-bond donors (Lipinski definition) is 2. The van der Waals surface area contributed by atoms with Crippen molar-refractivity contribution in [1.29, 1.82) is 0 Å². The summed E-state index contributed by atoms with van der Waals surface area (Å²) in [5, 5.41) is 2.96. The molecule has 1 aliphatic heterocycles. The molecule has 6 heteroatoms. The summed E-state index contributed by atoms with van der Waals surface area (Å²) in [6.45, 7) is 3.82. The fourth-order valence-corrected chi connectivity index (χ4v) is 2.68. The van der Waals surface area contributed by atoms with E-state index in [1.165, 1.54) is 0 Å². The Morgan fingerprint density at radius 1 is 1.35 bits per heavy atom. The van der Waals surface area contributed by atoms with E-state index in [0.717, 1.165) is 0 Å². The monoisotopic (exact) mass is 322 g/mol. The lowest BCUT2D eigenvalue weighted by atomic mass is 9.79. The summed E-state index contributed by atoms with van der Waals surface area (Å²) < 4.78 is 16.4. The average Bonchev–Trinajstić information content (AvgIpc) is 2.60.